The Hall–Kier alpha value is -3.19. The molecular formula is C26H33NO6. The van der Waals surface area contributed by atoms with Crippen LogP contribution in [0, 0.1) is 0 Å². The van der Waals surface area contributed by atoms with Crippen molar-refractivity contribution in [3.05, 3.63) is 64.7 Å². The number of rotatable bonds is 12. The SMILES string of the molecule is COC(=O)c1cccc(CCN(C)CCCC(C)(C(=O)OC)c2ccc(C=O)c(OC)c2)c1. The number of hydrogen-bond acceptors (Lipinski definition) is 7. The molecule has 2 aromatic carbocycles. The third-order valence-corrected chi connectivity index (χ3v) is 5.98. The van der Waals surface area contributed by atoms with Crippen LogP contribution >= 0.6 is 0 Å². The van der Waals surface area contributed by atoms with E-state index < -0.39 is 5.41 Å². The maximum Gasteiger partial charge on any atom is 0.337 e. The molecule has 0 aliphatic heterocycles. The van der Waals surface area contributed by atoms with Gasteiger partial charge in [0.25, 0.3) is 0 Å². The van der Waals surface area contributed by atoms with Gasteiger partial charge in [-0.3, -0.25) is 9.59 Å². The highest BCUT2D eigenvalue weighted by Crippen LogP contribution is 2.34. The summed E-state index contributed by atoms with van der Waals surface area (Å²) >= 11 is 0. The minimum Gasteiger partial charge on any atom is -0.496 e. The Morgan fingerprint density at radius 1 is 1.03 bits per heavy atom. The van der Waals surface area contributed by atoms with Gasteiger partial charge in [-0.25, -0.2) is 4.79 Å². The van der Waals surface area contributed by atoms with Gasteiger partial charge in [0.1, 0.15) is 5.75 Å². The van der Waals surface area contributed by atoms with Crippen LogP contribution in [0.15, 0.2) is 42.5 Å². The molecule has 0 fully saturated rings. The number of hydrogen-bond donors (Lipinski definition) is 0. The Morgan fingerprint density at radius 2 is 1.79 bits per heavy atom. The summed E-state index contributed by atoms with van der Waals surface area (Å²) in [5.41, 5.74) is 1.93. The maximum absolute atomic E-state index is 12.7. The number of benzene rings is 2. The minimum atomic E-state index is -0.862. The molecule has 33 heavy (non-hydrogen) atoms. The Labute approximate surface area is 195 Å². The van der Waals surface area contributed by atoms with E-state index in [0.29, 0.717) is 23.3 Å². The lowest BCUT2D eigenvalue weighted by Gasteiger charge is -2.29. The van der Waals surface area contributed by atoms with E-state index in [1.54, 1.807) is 24.3 Å². The second kappa shape index (κ2) is 12.2. The molecule has 0 N–H and O–H groups in total. The molecule has 0 bridgehead atoms. The normalized spacial score (nSPS) is 12.7. The van der Waals surface area contributed by atoms with Gasteiger partial charge < -0.3 is 19.1 Å². The number of carbonyl (C=O) groups is 3. The van der Waals surface area contributed by atoms with Crippen LogP contribution in [0.5, 0.6) is 5.75 Å². The van der Waals surface area contributed by atoms with Crippen molar-refractivity contribution in [3.8, 4) is 5.75 Å². The van der Waals surface area contributed by atoms with Crippen LogP contribution in [-0.4, -0.2) is 64.6 Å². The number of aldehydes is 1. The number of nitrogens with zero attached hydrogens (tertiary/aromatic N) is 1. The van der Waals surface area contributed by atoms with Crippen LogP contribution in [0.4, 0.5) is 0 Å². The molecule has 0 saturated heterocycles. The van der Waals surface area contributed by atoms with E-state index in [0.717, 1.165) is 43.3 Å². The Morgan fingerprint density at radius 3 is 2.42 bits per heavy atom. The average Bonchev–Trinajstić information content (AvgIpc) is 2.85. The fraction of sp³-hybridized carbons (Fsp3) is 0.423. The van der Waals surface area contributed by atoms with E-state index in [-0.39, 0.29) is 11.9 Å². The van der Waals surface area contributed by atoms with Gasteiger partial charge in [0.2, 0.25) is 0 Å². The van der Waals surface area contributed by atoms with Crippen molar-refractivity contribution in [3.63, 3.8) is 0 Å². The van der Waals surface area contributed by atoms with Crippen molar-refractivity contribution >= 4 is 18.2 Å². The zero-order chi connectivity index (χ0) is 24.4. The summed E-state index contributed by atoms with van der Waals surface area (Å²) in [6.07, 6.45) is 2.86. The van der Waals surface area contributed by atoms with Gasteiger partial charge >= 0.3 is 11.9 Å². The lowest BCUT2D eigenvalue weighted by molar-refractivity contribution is -0.147. The summed E-state index contributed by atoms with van der Waals surface area (Å²) in [6.45, 7) is 3.45. The molecule has 1 atom stereocenters. The topological polar surface area (TPSA) is 82.1 Å². The predicted octanol–water partition coefficient (Wildman–Crippen LogP) is 3.68. The number of methoxy groups -OCH3 is 3. The van der Waals surface area contributed by atoms with Crippen molar-refractivity contribution in [1.29, 1.82) is 0 Å². The fourth-order valence-corrected chi connectivity index (χ4v) is 3.85. The van der Waals surface area contributed by atoms with Gasteiger partial charge in [0.15, 0.2) is 6.29 Å². The molecule has 7 heteroatoms. The Bertz CT molecular complexity index is 973. The molecule has 0 radical (unpaired) electrons. The summed E-state index contributed by atoms with van der Waals surface area (Å²) in [5, 5.41) is 0. The number of carbonyl (C=O) groups excluding carboxylic acids is 3. The summed E-state index contributed by atoms with van der Waals surface area (Å²) in [4.78, 5) is 37.8. The lowest BCUT2D eigenvalue weighted by atomic mass is 9.78. The molecule has 0 amide bonds. The standard InChI is InChI=1S/C26H33NO6/c1-26(25(30)33-5,22-11-10-21(18-28)23(17-22)31-3)13-7-14-27(2)15-12-19-8-6-9-20(16-19)24(29)32-4/h6,8-11,16-18H,7,12-15H2,1-5H3. The first-order chi connectivity index (χ1) is 15.8. The van der Waals surface area contributed by atoms with Crippen LogP contribution in [0.3, 0.4) is 0 Å². The largest absolute Gasteiger partial charge is 0.496 e. The molecule has 2 rings (SSSR count). The highest BCUT2D eigenvalue weighted by Gasteiger charge is 2.36. The molecule has 0 spiro atoms. The smallest absolute Gasteiger partial charge is 0.337 e. The van der Waals surface area contributed by atoms with Gasteiger partial charge in [-0.05, 0) is 75.2 Å². The molecular weight excluding hydrogens is 422 g/mol. The third kappa shape index (κ3) is 6.65. The summed E-state index contributed by atoms with van der Waals surface area (Å²) in [5.74, 6) is -0.236. The summed E-state index contributed by atoms with van der Waals surface area (Å²) < 4.78 is 15.2. The summed E-state index contributed by atoms with van der Waals surface area (Å²) in [7, 11) is 6.28. The monoisotopic (exact) mass is 455 g/mol. The fourth-order valence-electron chi connectivity index (χ4n) is 3.85. The molecule has 2 aromatic rings. The van der Waals surface area contributed by atoms with Crippen LogP contribution in [0.25, 0.3) is 0 Å². The first-order valence-electron chi connectivity index (χ1n) is 10.9. The van der Waals surface area contributed by atoms with Crippen molar-refractivity contribution in [2.75, 3.05) is 41.5 Å². The molecule has 0 aromatic heterocycles. The van der Waals surface area contributed by atoms with Crippen molar-refractivity contribution in [2.24, 2.45) is 0 Å². The van der Waals surface area contributed by atoms with Crippen LogP contribution in [-0.2, 0) is 26.1 Å². The lowest BCUT2D eigenvalue weighted by Crippen LogP contribution is -2.35. The molecule has 0 aliphatic rings. The first-order valence-corrected chi connectivity index (χ1v) is 10.9. The van der Waals surface area contributed by atoms with Gasteiger partial charge in [-0.2, -0.15) is 0 Å². The highest BCUT2D eigenvalue weighted by atomic mass is 16.5. The highest BCUT2D eigenvalue weighted by molar-refractivity contribution is 5.89. The van der Waals surface area contributed by atoms with Gasteiger partial charge in [-0.15, -0.1) is 0 Å². The predicted molar refractivity (Wildman–Crippen MR) is 126 cm³/mol. The zero-order valence-corrected chi connectivity index (χ0v) is 20.1. The second-order valence-corrected chi connectivity index (χ2v) is 8.25. The third-order valence-electron chi connectivity index (χ3n) is 5.98. The second-order valence-electron chi connectivity index (χ2n) is 8.25. The van der Waals surface area contributed by atoms with E-state index in [9.17, 15) is 14.4 Å². The molecule has 0 heterocycles. The molecule has 1 unspecified atom stereocenters. The van der Waals surface area contributed by atoms with Crippen molar-refractivity contribution < 1.29 is 28.6 Å². The van der Waals surface area contributed by atoms with Gasteiger partial charge in [0, 0.05) is 6.54 Å². The Kier molecular flexibility index (Phi) is 9.60. The van der Waals surface area contributed by atoms with E-state index in [4.69, 9.17) is 14.2 Å². The van der Waals surface area contributed by atoms with E-state index in [1.165, 1.54) is 21.3 Å². The zero-order valence-electron chi connectivity index (χ0n) is 20.1. The number of ether oxygens (including phenoxy) is 3. The van der Waals surface area contributed by atoms with Crippen LogP contribution in [0.2, 0.25) is 0 Å². The van der Waals surface area contributed by atoms with Crippen molar-refractivity contribution in [2.45, 2.75) is 31.6 Å². The van der Waals surface area contributed by atoms with Crippen LogP contribution in [0.1, 0.15) is 51.6 Å². The molecule has 7 nitrogen and oxygen atoms in total. The number of likely N-dealkylation sites (N-methyl/N-ethyl adjacent to an activating group) is 1. The molecule has 178 valence electrons. The van der Waals surface area contributed by atoms with E-state index in [2.05, 4.69) is 4.90 Å². The van der Waals surface area contributed by atoms with Gasteiger partial charge in [-0.1, -0.05) is 18.2 Å². The maximum atomic E-state index is 12.7. The number of esters is 2. The van der Waals surface area contributed by atoms with Gasteiger partial charge in [0.05, 0.1) is 37.9 Å². The van der Waals surface area contributed by atoms with Crippen molar-refractivity contribution in [1.82, 2.24) is 4.90 Å². The quantitative estimate of drug-likeness (QED) is 0.357. The molecule has 0 saturated carbocycles. The van der Waals surface area contributed by atoms with Crippen LogP contribution < -0.4 is 4.74 Å². The average molecular weight is 456 g/mol. The Balaban J connectivity index is 2.01. The minimum absolute atomic E-state index is 0.328. The first kappa shape index (κ1) is 26.1. The molecule has 0 aliphatic carbocycles. The van der Waals surface area contributed by atoms with E-state index >= 15 is 0 Å². The summed E-state index contributed by atoms with van der Waals surface area (Å²) in [6, 6.07) is 12.6. The van der Waals surface area contributed by atoms with E-state index in [1.807, 2.05) is 32.2 Å².